The van der Waals surface area contributed by atoms with Crippen molar-refractivity contribution in [2.24, 2.45) is 5.92 Å². The maximum Gasteiger partial charge on any atom is 0.251 e. The molecule has 26 heavy (non-hydrogen) atoms. The molecular weight excluding hydrogens is 324 g/mol. The summed E-state index contributed by atoms with van der Waals surface area (Å²) in [5, 5.41) is 7.42. The van der Waals surface area contributed by atoms with Crippen LogP contribution in [0.15, 0.2) is 67.3 Å². The van der Waals surface area contributed by atoms with Crippen LogP contribution < -0.4 is 5.32 Å². The zero-order valence-corrected chi connectivity index (χ0v) is 14.6. The normalized spacial score (nSPS) is 14.8. The van der Waals surface area contributed by atoms with E-state index in [9.17, 15) is 4.79 Å². The van der Waals surface area contributed by atoms with E-state index in [4.69, 9.17) is 0 Å². The van der Waals surface area contributed by atoms with Gasteiger partial charge in [-0.15, -0.1) is 0 Å². The van der Waals surface area contributed by atoms with Crippen LogP contribution in [0.4, 0.5) is 0 Å². The van der Waals surface area contributed by atoms with E-state index in [1.807, 2.05) is 30.3 Å². The first-order valence-corrected chi connectivity index (χ1v) is 9.05. The third-order valence-corrected chi connectivity index (χ3v) is 4.87. The molecule has 0 bridgehead atoms. The van der Waals surface area contributed by atoms with Gasteiger partial charge in [-0.1, -0.05) is 48.5 Å². The lowest BCUT2D eigenvalue weighted by molar-refractivity contribution is 0.0931. The summed E-state index contributed by atoms with van der Waals surface area (Å²) in [5.74, 6) is 0.579. The van der Waals surface area contributed by atoms with Crippen LogP contribution in [0.2, 0.25) is 0 Å². The fourth-order valence-electron chi connectivity index (χ4n) is 3.32. The van der Waals surface area contributed by atoms with Gasteiger partial charge >= 0.3 is 0 Å². The van der Waals surface area contributed by atoms with Gasteiger partial charge in [0.15, 0.2) is 0 Å². The lowest BCUT2D eigenvalue weighted by atomic mass is 10.0. The van der Waals surface area contributed by atoms with Crippen molar-refractivity contribution in [3.05, 3.63) is 83.9 Å². The SMILES string of the molecule is O=C(N[C@H](Cc1ccccc1)C1CC1)c1ccccc1Cn1cncn1. The van der Waals surface area contributed by atoms with E-state index in [1.165, 1.54) is 24.7 Å². The third kappa shape index (κ3) is 3.99. The Morgan fingerprint density at radius 1 is 1.12 bits per heavy atom. The molecule has 5 heteroatoms. The molecule has 1 heterocycles. The molecule has 4 rings (SSSR count). The molecule has 5 nitrogen and oxygen atoms in total. The Morgan fingerprint density at radius 2 is 1.88 bits per heavy atom. The van der Waals surface area contributed by atoms with Gasteiger partial charge in [-0.3, -0.25) is 4.79 Å². The molecule has 0 unspecified atom stereocenters. The predicted octanol–water partition coefficient (Wildman–Crippen LogP) is 3.08. The molecule has 132 valence electrons. The van der Waals surface area contributed by atoms with Crippen molar-refractivity contribution in [3.8, 4) is 0 Å². The van der Waals surface area contributed by atoms with Crippen molar-refractivity contribution in [1.29, 1.82) is 0 Å². The highest BCUT2D eigenvalue weighted by Gasteiger charge is 2.32. The van der Waals surface area contributed by atoms with Gasteiger partial charge in [0.25, 0.3) is 5.91 Å². The number of hydrogen-bond acceptors (Lipinski definition) is 3. The largest absolute Gasteiger partial charge is 0.349 e. The van der Waals surface area contributed by atoms with Crippen LogP contribution in [0, 0.1) is 5.92 Å². The van der Waals surface area contributed by atoms with Gasteiger partial charge in [0.05, 0.1) is 6.54 Å². The number of carbonyl (C=O) groups excluding carboxylic acids is 1. The molecule has 0 aliphatic heterocycles. The van der Waals surface area contributed by atoms with E-state index < -0.39 is 0 Å². The van der Waals surface area contributed by atoms with Crippen molar-refractivity contribution in [2.75, 3.05) is 0 Å². The van der Waals surface area contributed by atoms with Crippen molar-refractivity contribution in [1.82, 2.24) is 20.1 Å². The van der Waals surface area contributed by atoms with Gasteiger partial charge in [0.1, 0.15) is 12.7 Å². The molecule has 1 saturated carbocycles. The first kappa shape index (κ1) is 16.5. The molecule has 1 amide bonds. The maximum atomic E-state index is 13.0. The average molecular weight is 346 g/mol. The minimum Gasteiger partial charge on any atom is -0.349 e. The lowest BCUT2D eigenvalue weighted by Gasteiger charge is -2.19. The topological polar surface area (TPSA) is 59.8 Å². The zero-order valence-electron chi connectivity index (χ0n) is 14.6. The van der Waals surface area contributed by atoms with E-state index >= 15 is 0 Å². The lowest BCUT2D eigenvalue weighted by Crippen LogP contribution is -2.38. The fourth-order valence-corrected chi connectivity index (χ4v) is 3.32. The minimum atomic E-state index is -0.00598. The fraction of sp³-hybridized carbons (Fsp3) is 0.286. The monoisotopic (exact) mass is 346 g/mol. The molecule has 1 atom stereocenters. The summed E-state index contributed by atoms with van der Waals surface area (Å²) in [6.45, 7) is 0.538. The summed E-state index contributed by atoms with van der Waals surface area (Å²) >= 11 is 0. The Bertz CT molecular complexity index is 857. The molecule has 1 aliphatic carbocycles. The molecule has 0 spiro atoms. The highest BCUT2D eigenvalue weighted by molar-refractivity contribution is 5.95. The van der Waals surface area contributed by atoms with E-state index in [0.29, 0.717) is 18.0 Å². The Kier molecular flexibility index (Phi) is 4.78. The summed E-state index contributed by atoms with van der Waals surface area (Å²) in [6, 6.07) is 18.3. The first-order valence-electron chi connectivity index (χ1n) is 9.05. The Morgan fingerprint density at radius 3 is 2.62 bits per heavy atom. The van der Waals surface area contributed by atoms with Crippen LogP contribution in [0.3, 0.4) is 0 Å². The van der Waals surface area contributed by atoms with E-state index in [-0.39, 0.29) is 11.9 Å². The molecular formula is C21H22N4O. The van der Waals surface area contributed by atoms with E-state index in [1.54, 1.807) is 11.0 Å². The molecule has 2 aromatic carbocycles. The first-order chi connectivity index (χ1) is 12.8. The van der Waals surface area contributed by atoms with Gasteiger partial charge in [-0.05, 0) is 42.4 Å². The summed E-state index contributed by atoms with van der Waals surface area (Å²) in [7, 11) is 0. The Labute approximate surface area is 153 Å². The number of benzene rings is 2. The van der Waals surface area contributed by atoms with Crippen LogP contribution in [-0.2, 0) is 13.0 Å². The average Bonchev–Trinajstić information content (AvgIpc) is 3.40. The van der Waals surface area contributed by atoms with Gasteiger partial charge in [-0.25, -0.2) is 9.67 Å². The highest BCUT2D eigenvalue weighted by Crippen LogP contribution is 2.34. The molecule has 3 aromatic rings. The van der Waals surface area contributed by atoms with E-state index in [0.717, 1.165) is 12.0 Å². The smallest absolute Gasteiger partial charge is 0.251 e. The van der Waals surface area contributed by atoms with Crippen LogP contribution in [0.1, 0.15) is 34.3 Å². The number of carbonyl (C=O) groups is 1. The summed E-state index contributed by atoms with van der Waals surface area (Å²) in [4.78, 5) is 16.9. The van der Waals surface area contributed by atoms with Gasteiger partial charge in [0, 0.05) is 11.6 Å². The van der Waals surface area contributed by atoms with Crippen LogP contribution in [0.5, 0.6) is 0 Å². The van der Waals surface area contributed by atoms with Crippen molar-refractivity contribution >= 4 is 5.91 Å². The Balaban J connectivity index is 1.50. The molecule has 1 fully saturated rings. The molecule has 1 aliphatic rings. The number of hydrogen-bond donors (Lipinski definition) is 1. The molecule has 1 N–H and O–H groups in total. The second-order valence-electron chi connectivity index (χ2n) is 6.86. The quantitative estimate of drug-likeness (QED) is 0.715. The van der Waals surface area contributed by atoms with Crippen molar-refractivity contribution < 1.29 is 4.79 Å². The second-order valence-corrected chi connectivity index (χ2v) is 6.86. The third-order valence-electron chi connectivity index (χ3n) is 4.87. The Hall–Kier alpha value is -2.95. The standard InChI is InChI=1S/C21H22N4O/c26-21(19-9-5-4-8-18(19)13-25-15-22-14-23-25)24-20(17-10-11-17)12-16-6-2-1-3-7-16/h1-9,14-15,17,20H,10-13H2,(H,24,26)/t20-/m1/s1. The van der Waals surface area contributed by atoms with Crippen LogP contribution in [0.25, 0.3) is 0 Å². The number of amides is 1. The maximum absolute atomic E-state index is 13.0. The zero-order chi connectivity index (χ0) is 17.8. The molecule has 0 radical (unpaired) electrons. The summed E-state index contributed by atoms with van der Waals surface area (Å²) < 4.78 is 1.73. The number of nitrogens with zero attached hydrogens (tertiary/aromatic N) is 3. The van der Waals surface area contributed by atoms with Gasteiger partial charge in [0.2, 0.25) is 0 Å². The number of aromatic nitrogens is 3. The summed E-state index contributed by atoms with van der Waals surface area (Å²) in [5.41, 5.74) is 2.92. The van der Waals surface area contributed by atoms with Crippen LogP contribution in [-0.4, -0.2) is 26.7 Å². The minimum absolute atomic E-state index is 0.00598. The molecule has 0 saturated heterocycles. The van der Waals surface area contributed by atoms with Gasteiger partial charge < -0.3 is 5.32 Å². The number of nitrogens with one attached hydrogen (secondary N) is 1. The number of rotatable bonds is 7. The van der Waals surface area contributed by atoms with Crippen molar-refractivity contribution in [2.45, 2.75) is 31.8 Å². The van der Waals surface area contributed by atoms with Crippen molar-refractivity contribution in [3.63, 3.8) is 0 Å². The molecule has 1 aromatic heterocycles. The van der Waals surface area contributed by atoms with E-state index in [2.05, 4.69) is 39.7 Å². The second kappa shape index (κ2) is 7.52. The van der Waals surface area contributed by atoms with Crippen LogP contribution >= 0.6 is 0 Å². The highest BCUT2D eigenvalue weighted by atomic mass is 16.1. The summed E-state index contributed by atoms with van der Waals surface area (Å²) in [6.07, 6.45) is 6.43. The predicted molar refractivity (Wildman–Crippen MR) is 99.7 cm³/mol. The van der Waals surface area contributed by atoms with Gasteiger partial charge in [-0.2, -0.15) is 5.10 Å².